The molecule has 78 valence electrons. The Labute approximate surface area is 87.6 Å². The first kappa shape index (κ1) is 11.1. The smallest absolute Gasteiger partial charge is 0.317 e. The fourth-order valence-corrected chi connectivity index (χ4v) is 1.15. The van der Waals surface area contributed by atoms with E-state index in [2.05, 4.69) is 4.98 Å². The molecule has 0 aliphatic rings. The molecule has 1 heterocycles. The number of carbonyl (C=O) groups is 1. The molecule has 15 heavy (non-hydrogen) atoms. The van der Waals surface area contributed by atoms with Crippen molar-refractivity contribution in [1.82, 2.24) is 9.88 Å². The number of nitriles is 1. The van der Waals surface area contributed by atoms with Gasteiger partial charge in [-0.15, -0.1) is 0 Å². The third-order valence-electron chi connectivity index (χ3n) is 1.79. The van der Waals surface area contributed by atoms with Crippen LogP contribution in [-0.2, 0) is 11.3 Å². The van der Waals surface area contributed by atoms with Gasteiger partial charge in [-0.1, -0.05) is 0 Å². The van der Waals surface area contributed by atoms with Crippen molar-refractivity contribution in [3.63, 3.8) is 0 Å². The molecule has 5 heteroatoms. The zero-order valence-electron chi connectivity index (χ0n) is 8.34. The van der Waals surface area contributed by atoms with Crippen molar-refractivity contribution in [2.75, 3.05) is 13.6 Å². The Bertz CT molecular complexity index is 381. The monoisotopic (exact) mass is 205 g/mol. The van der Waals surface area contributed by atoms with Gasteiger partial charge in [0.2, 0.25) is 0 Å². The molecule has 0 radical (unpaired) electrons. The Balaban J connectivity index is 2.58. The van der Waals surface area contributed by atoms with Gasteiger partial charge in [0, 0.05) is 12.7 Å². The molecule has 0 aromatic carbocycles. The molecule has 0 spiro atoms. The Kier molecular flexibility index (Phi) is 3.77. The molecule has 0 bridgehead atoms. The van der Waals surface area contributed by atoms with Crippen molar-refractivity contribution in [3.8, 4) is 6.07 Å². The van der Waals surface area contributed by atoms with E-state index in [9.17, 15) is 4.79 Å². The maximum atomic E-state index is 10.4. The SMILES string of the molecule is CN(CC(=O)O)Cc1ccc(C#N)cn1. The Morgan fingerprint density at radius 3 is 2.87 bits per heavy atom. The number of hydrogen-bond acceptors (Lipinski definition) is 4. The third kappa shape index (κ3) is 3.75. The first-order valence-corrected chi connectivity index (χ1v) is 4.37. The van der Waals surface area contributed by atoms with Gasteiger partial charge < -0.3 is 5.11 Å². The molecule has 1 rings (SSSR count). The lowest BCUT2D eigenvalue weighted by molar-refractivity contribution is -0.138. The van der Waals surface area contributed by atoms with Crippen LogP contribution in [0.3, 0.4) is 0 Å². The minimum atomic E-state index is -0.869. The van der Waals surface area contributed by atoms with Gasteiger partial charge in [0.05, 0.1) is 17.8 Å². The van der Waals surface area contributed by atoms with Crippen LogP contribution in [0.1, 0.15) is 11.3 Å². The average molecular weight is 205 g/mol. The summed E-state index contributed by atoms with van der Waals surface area (Å²) in [7, 11) is 1.70. The number of likely N-dealkylation sites (N-methyl/N-ethyl adjacent to an activating group) is 1. The summed E-state index contributed by atoms with van der Waals surface area (Å²) in [6.07, 6.45) is 1.48. The minimum Gasteiger partial charge on any atom is -0.480 e. The maximum Gasteiger partial charge on any atom is 0.317 e. The molecule has 0 saturated heterocycles. The first-order valence-electron chi connectivity index (χ1n) is 4.37. The van der Waals surface area contributed by atoms with Gasteiger partial charge in [-0.05, 0) is 19.2 Å². The molecule has 0 aliphatic heterocycles. The van der Waals surface area contributed by atoms with Crippen LogP contribution >= 0.6 is 0 Å². The van der Waals surface area contributed by atoms with Gasteiger partial charge in [0.25, 0.3) is 0 Å². The van der Waals surface area contributed by atoms with E-state index in [1.165, 1.54) is 6.20 Å². The largest absolute Gasteiger partial charge is 0.480 e. The number of rotatable bonds is 4. The third-order valence-corrected chi connectivity index (χ3v) is 1.79. The van der Waals surface area contributed by atoms with Crippen molar-refractivity contribution >= 4 is 5.97 Å². The van der Waals surface area contributed by atoms with E-state index in [0.29, 0.717) is 12.1 Å². The van der Waals surface area contributed by atoms with Crippen molar-refractivity contribution in [3.05, 3.63) is 29.6 Å². The molecule has 5 nitrogen and oxygen atoms in total. The first-order chi connectivity index (χ1) is 7.11. The Hall–Kier alpha value is -1.93. The highest BCUT2D eigenvalue weighted by Gasteiger charge is 2.05. The van der Waals surface area contributed by atoms with Gasteiger partial charge in [0.15, 0.2) is 0 Å². The standard InChI is InChI=1S/C10H11N3O2/c1-13(7-10(14)15)6-9-3-2-8(4-11)5-12-9/h2-3,5H,6-7H2,1H3,(H,14,15). The predicted octanol–water partition coefficient (Wildman–Crippen LogP) is 0.470. The van der Waals surface area contributed by atoms with E-state index in [1.807, 2.05) is 6.07 Å². The lowest BCUT2D eigenvalue weighted by Crippen LogP contribution is -2.25. The van der Waals surface area contributed by atoms with Crippen LogP contribution in [0.15, 0.2) is 18.3 Å². The topological polar surface area (TPSA) is 77.2 Å². The van der Waals surface area contributed by atoms with Gasteiger partial charge in [-0.25, -0.2) is 0 Å². The van der Waals surface area contributed by atoms with E-state index in [4.69, 9.17) is 10.4 Å². The summed E-state index contributed by atoms with van der Waals surface area (Å²) in [6.45, 7) is 0.430. The van der Waals surface area contributed by atoms with Crippen molar-refractivity contribution in [2.24, 2.45) is 0 Å². The highest BCUT2D eigenvalue weighted by atomic mass is 16.4. The van der Waals surface area contributed by atoms with Crippen molar-refractivity contribution < 1.29 is 9.90 Å². The summed E-state index contributed by atoms with van der Waals surface area (Å²) >= 11 is 0. The maximum absolute atomic E-state index is 10.4. The quantitative estimate of drug-likeness (QED) is 0.773. The molecule has 0 fully saturated rings. The van der Waals surface area contributed by atoms with Gasteiger partial charge in [-0.3, -0.25) is 14.7 Å². The van der Waals surface area contributed by atoms with Gasteiger partial charge in [-0.2, -0.15) is 5.26 Å². The summed E-state index contributed by atoms with van der Waals surface area (Å²) in [5.74, 6) is -0.869. The van der Waals surface area contributed by atoms with E-state index >= 15 is 0 Å². The molecule has 0 atom stereocenters. The second-order valence-electron chi connectivity index (χ2n) is 3.22. The van der Waals surface area contributed by atoms with Crippen molar-refractivity contribution in [1.29, 1.82) is 5.26 Å². The van der Waals surface area contributed by atoms with Crippen LogP contribution in [-0.4, -0.2) is 34.6 Å². The molecule has 0 amide bonds. The zero-order valence-corrected chi connectivity index (χ0v) is 8.34. The number of carboxylic acid groups (broad SMARTS) is 1. The second-order valence-corrected chi connectivity index (χ2v) is 3.22. The number of nitrogens with zero attached hydrogens (tertiary/aromatic N) is 3. The second kappa shape index (κ2) is 5.08. The molecule has 0 saturated carbocycles. The number of aromatic nitrogens is 1. The van der Waals surface area contributed by atoms with Gasteiger partial charge in [0.1, 0.15) is 6.07 Å². The summed E-state index contributed by atoms with van der Waals surface area (Å²) < 4.78 is 0. The predicted molar refractivity (Wildman–Crippen MR) is 52.9 cm³/mol. The number of aliphatic carboxylic acids is 1. The molecule has 1 N–H and O–H groups in total. The Morgan fingerprint density at radius 2 is 2.40 bits per heavy atom. The summed E-state index contributed by atoms with van der Waals surface area (Å²) in [4.78, 5) is 16.1. The highest BCUT2D eigenvalue weighted by Crippen LogP contribution is 2.01. The fraction of sp³-hybridized carbons (Fsp3) is 0.300. The van der Waals surface area contributed by atoms with Crippen LogP contribution in [0.5, 0.6) is 0 Å². The van der Waals surface area contributed by atoms with E-state index in [-0.39, 0.29) is 6.54 Å². The summed E-state index contributed by atoms with van der Waals surface area (Å²) in [5, 5.41) is 17.1. The highest BCUT2D eigenvalue weighted by molar-refractivity contribution is 5.68. The van der Waals surface area contributed by atoms with E-state index in [0.717, 1.165) is 5.69 Å². The van der Waals surface area contributed by atoms with Crippen molar-refractivity contribution in [2.45, 2.75) is 6.54 Å². The van der Waals surface area contributed by atoms with Crippen LogP contribution in [0.4, 0.5) is 0 Å². The lowest BCUT2D eigenvalue weighted by atomic mass is 10.2. The zero-order chi connectivity index (χ0) is 11.3. The van der Waals surface area contributed by atoms with Crippen LogP contribution in [0.2, 0.25) is 0 Å². The fourth-order valence-electron chi connectivity index (χ4n) is 1.15. The van der Waals surface area contributed by atoms with Crippen LogP contribution in [0.25, 0.3) is 0 Å². The minimum absolute atomic E-state index is 0.0261. The van der Waals surface area contributed by atoms with E-state index in [1.54, 1.807) is 24.1 Å². The molecular weight excluding hydrogens is 194 g/mol. The average Bonchev–Trinajstić information content (AvgIpc) is 2.17. The molecule has 0 aliphatic carbocycles. The molecule has 0 unspecified atom stereocenters. The number of pyridine rings is 1. The summed E-state index contributed by atoms with van der Waals surface area (Å²) in [5.41, 5.74) is 1.25. The van der Waals surface area contributed by atoms with E-state index < -0.39 is 5.97 Å². The number of carboxylic acids is 1. The summed E-state index contributed by atoms with van der Waals surface area (Å²) in [6, 6.07) is 5.35. The van der Waals surface area contributed by atoms with Crippen LogP contribution in [0, 0.1) is 11.3 Å². The van der Waals surface area contributed by atoms with Crippen LogP contribution < -0.4 is 0 Å². The molecule has 1 aromatic heterocycles. The van der Waals surface area contributed by atoms with Gasteiger partial charge >= 0.3 is 5.97 Å². The Morgan fingerprint density at radius 1 is 1.67 bits per heavy atom. The normalized spacial score (nSPS) is 9.93. The lowest BCUT2D eigenvalue weighted by Gasteiger charge is -2.12. The molecular formula is C10H11N3O2. The molecule has 1 aromatic rings. The number of hydrogen-bond donors (Lipinski definition) is 1.